The van der Waals surface area contributed by atoms with Crippen LogP contribution in [0.2, 0.25) is 0 Å². The van der Waals surface area contributed by atoms with Gasteiger partial charge in [0.05, 0.1) is 6.61 Å². The van der Waals surface area contributed by atoms with Gasteiger partial charge in [0.1, 0.15) is 6.54 Å². The van der Waals surface area contributed by atoms with Crippen LogP contribution in [-0.4, -0.2) is 29.7 Å². The number of nitrogens with two attached hydrogens (primary N) is 1. The molecule has 0 aliphatic rings. The number of anilines is 1. The van der Waals surface area contributed by atoms with Crippen molar-refractivity contribution in [3.05, 3.63) is 28.7 Å². The molecule has 0 amide bonds. The lowest BCUT2D eigenvalue weighted by atomic mass is 10.4. The van der Waals surface area contributed by atoms with Crippen LogP contribution in [0.1, 0.15) is 6.92 Å². The molecule has 0 atom stereocenters. The maximum absolute atomic E-state index is 11.4. The van der Waals surface area contributed by atoms with Crippen LogP contribution in [-0.2, 0) is 25.6 Å². The Bertz CT molecular complexity index is 494. The van der Waals surface area contributed by atoms with E-state index in [1.165, 1.54) is 18.3 Å². The smallest absolute Gasteiger partial charge is 0.344 e. The summed E-state index contributed by atoms with van der Waals surface area (Å²) in [7, 11) is 0. The molecule has 1 aromatic rings. The van der Waals surface area contributed by atoms with E-state index in [1.54, 1.807) is 6.92 Å². The lowest BCUT2D eigenvalue weighted by Gasteiger charge is -2.07. The average molecular weight is 254 g/mol. The average Bonchev–Trinajstić information content (AvgIpc) is 2.32. The minimum Gasteiger partial charge on any atom is -0.463 e. The van der Waals surface area contributed by atoms with Crippen LogP contribution in [0.5, 0.6) is 0 Å². The van der Waals surface area contributed by atoms with Gasteiger partial charge in [-0.1, -0.05) is 0 Å². The van der Waals surface area contributed by atoms with E-state index in [0.29, 0.717) is 5.69 Å². The predicted octanol–water partition coefficient (Wildman–Crippen LogP) is -0.463. The Morgan fingerprint density at radius 2 is 2.00 bits per heavy atom. The number of rotatable bonds is 5. The van der Waals surface area contributed by atoms with Gasteiger partial charge < -0.3 is 19.8 Å². The van der Waals surface area contributed by atoms with Gasteiger partial charge in [-0.3, -0.25) is 9.59 Å². The Labute approximate surface area is 103 Å². The third-order valence-corrected chi connectivity index (χ3v) is 1.96. The second-order valence-electron chi connectivity index (χ2n) is 3.39. The van der Waals surface area contributed by atoms with Gasteiger partial charge in [-0.2, -0.15) is 0 Å². The summed E-state index contributed by atoms with van der Waals surface area (Å²) in [5, 5.41) is 0. The fourth-order valence-electron chi connectivity index (χ4n) is 1.20. The van der Waals surface area contributed by atoms with Gasteiger partial charge in [-0.05, 0) is 13.0 Å². The highest BCUT2D eigenvalue weighted by Crippen LogP contribution is 1.96. The van der Waals surface area contributed by atoms with E-state index >= 15 is 0 Å². The van der Waals surface area contributed by atoms with Crippen molar-refractivity contribution in [3.63, 3.8) is 0 Å². The van der Waals surface area contributed by atoms with E-state index in [4.69, 9.17) is 5.73 Å². The highest BCUT2D eigenvalue weighted by molar-refractivity contribution is 5.76. The standard InChI is InChI=1S/C11H14N2O5/c1-2-17-11(16)7-18-10(15)6-13-5-8(12)3-4-9(13)14/h3-5H,2,6-7,12H2,1H3. The summed E-state index contributed by atoms with van der Waals surface area (Å²) in [6.45, 7) is 1.09. The minimum atomic E-state index is -0.712. The Hall–Kier alpha value is -2.31. The molecular formula is C11H14N2O5. The minimum absolute atomic E-state index is 0.213. The third kappa shape index (κ3) is 4.28. The van der Waals surface area contributed by atoms with Gasteiger partial charge in [0.15, 0.2) is 6.61 Å². The zero-order chi connectivity index (χ0) is 13.5. The largest absolute Gasteiger partial charge is 0.463 e. The summed E-state index contributed by atoms with van der Waals surface area (Å²) in [6.07, 6.45) is 1.33. The molecule has 98 valence electrons. The molecule has 0 aromatic carbocycles. The van der Waals surface area contributed by atoms with Crippen LogP contribution in [0.3, 0.4) is 0 Å². The Balaban J connectivity index is 2.52. The Morgan fingerprint density at radius 3 is 2.67 bits per heavy atom. The highest BCUT2D eigenvalue weighted by Gasteiger charge is 2.09. The number of hydrogen-bond donors (Lipinski definition) is 1. The third-order valence-electron chi connectivity index (χ3n) is 1.96. The molecule has 1 rings (SSSR count). The molecule has 1 aromatic heterocycles. The number of ether oxygens (including phenoxy) is 2. The number of aromatic nitrogens is 1. The van der Waals surface area contributed by atoms with Crippen LogP contribution in [0.25, 0.3) is 0 Å². The first-order valence-electron chi connectivity index (χ1n) is 5.30. The fraction of sp³-hybridized carbons (Fsp3) is 0.364. The van der Waals surface area contributed by atoms with Crippen molar-refractivity contribution in [2.75, 3.05) is 18.9 Å². The molecule has 7 heteroatoms. The van der Waals surface area contributed by atoms with Gasteiger partial charge in [-0.25, -0.2) is 4.79 Å². The van der Waals surface area contributed by atoms with Gasteiger partial charge in [0, 0.05) is 18.0 Å². The molecule has 0 radical (unpaired) electrons. The lowest BCUT2D eigenvalue weighted by molar-refractivity contribution is -0.158. The van der Waals surface area contributed by atoms with E-state index in [9.17, 15) is 14.4 Å². The first-order valence-corrected chi connectivity index (χ1v) is 5.30. The first-order chi connectivity index (χ1) is 8.52. The number of carbonyl (C=O) groups is 2. The number of esters is 2. The van der Waals surface area contributed by atoms with Gasteiger partial charge in [0.2, 0.25) is 0 Å². The van der Waals surface area contributed by atoms with E-state index in [-0.39, 0.29) is 18.7 Å². The zero-order valence-corrected chi connectivity index (χ0v) is 9.92. The SMILES string of the molecule is CCOC(=O)COC(=O)Cn1cc(N)ccc1=O. The number of carbonyl (C=O) groups excluding carboxylic acids is 2. The highest BCUT2D eigenvalue weighted by atomic mass is 16.6. The molecule has 0 saturated heterocycles. The van der Waals surface area contributed by atoms with Crippen LogP contribution in [0.15, 0.2) is 23.1 Å². The second kappa shape index (κ2) is 6.43. The summed E-state index contributed by atoms with van der Waals surface area (Å²) < 4.78 is 10.3. The first kappa shape index (κ1) is 13.8. The number of nitrogens with zero attached hydrogens (tertiary/aromatic N) is 1. The van der Waals surface area contributed by atoms with E-state index in [2.05, 4.69) is 9.47 Å². The maximum atomic E-state index is 11.4. The quantitative estimate of drug-likeness (QED) is 0.713. The molecule has 18 heavy (non-hydrogen) atoms. The van der Waals surface area contributed by atoms with Crippen LogP contribution in [0, 0.1) is 0 Å². The van der Waals surface area contributed by atoms with Crippen molar-refractivity contribution < 1.29 is 19.1 Å². The van der Waals surface area contributed by atoms with E-state index in [0.717, 1.165) is 4.57 Å². The van der Waals surface area contributed by atoms with Crippen molar-refractivity contribution in [2.24, 2.45) is 0 Å². The van der Waals surface area contributed by atoms with Gasteiger partial charge in [0.25, 0.3) is 5.56 Å². The van der Waals surface area contributed by atoms with Crippen LogP contribution in [0.4, 0.5) is 5.69 Å². The molecular weight excluding hydrogens is 240 g/mol. The topological polar surface area (TPSA) is 101 Å². The van der Waals surface area contributed by atoms with Gasteiger partial charge in [-0.15, -0.1) is 0 Å². The zero-order valence-electron chi connectivity index (χ0n) is 9.92. The van der Waals surface area contributed by atoms with E-state index in [1.807, 2.05) is 0 Å². The molecule has 2 N–H and O–H groups in total. The monoisotopic (exact) mass is 254 g/mol. The Morgan fingerprint density at radius 1 is 1.28 bits per heavy atom. The molecule has 1 heterocycles. The maximum Gasteiger partial charge on any atom is 0.344 e. The van der Waals surface area contributed by atoms with Crippen molar-refractivity contribution in [2.45, 2.75) is 13.5 Å². The summed E-state index contributed by atoms with van der Waals surface area (Å²) in [5.41, 5.74) is 5.46. The van der Waals surface area contributed by atoms with Crippen molar-refractivity contribution >= 4 is 17.6 Å². The normalized spacial score (nSPS) is 9.83. The molecule has 7 nitrogen and oxygen atoms in total. The molecule has 0 bridgehead atoms. The number of hydrogen-bond acceptors (Lipinski definition) is 6. The molecule has 0 aliphatic carbocycles. The van der Waals surface area contributed by atoms with Crippen molar-refractivity contribution in [3.8, 4) is 0 Å². The van der Waals surface area contributed by atoms with Crippen LogP contribution >= 0.6 is 0 Å². The van der Waals surface area contributed by atoms with Crippen molar-refractivity contribution in [1.82, 2.24) is 4.57 Å². The van der Waals surface area contributed by atoms with Crippen LogP contribution < -0.4 is 11.3 Å². The number of nitrogen functional groups attached to an aromatic ring is 1. The lowest BCUT2D eigenvalue weighted by Crippen LogP contribution is -2.26. The summed E-state index contributed by atoms with van der Waals surface area (Å²) in [4.78, 5) is 33.6. The fourth-order valence-corrected chi connectivity index (χ4v) is 1.20. The molecule has 0 aliphatic heterocycles. The molecule has 0 spiro atoms. The van der Waals surface area contributed by atoms with E-state index < -0.39 is 18.5 Å². The summed E-state index contributed by atoms with van der Waals surface area (Å²) in [5.74, 6) is -1.35. The molecule has 0 saturated carbocycles. The summed E-state index contributed by atoms with van der Waals surface area (Å²) in [6, 6.07) is 2.68. The summed E-state index contributed by atoms with van der Waals surface area (Å²) >= 11 is 0. The Kier molecular flexibility index (Phi) is 4.91. The molecule has 0 fully saturated rings. The van der Waals surface area contributed by atoms with Gasteiger partial charge >= 0.3 is 11.9 Å². The molecule has 0 unspecified atom stereocenters. The second-order valence-corrected chi connectivity index (χ2v) is 3.39. The number of pyridine rings is 1. The van der Waals surface area contributed by atoms with Crippen molar-refractivity contribution in [1.29, 1.82) is 0 Å². The predicted molar refractivity (Wildman–Crippen MR) is 62.7 cm³/mol.